The van der Waals surface area contributed by atoms with Gasteiger partial charge in [0.15, 0.2) is 0 Å². The first-order valence-electron chi connectivity index (χ1n) is 6.16. The van der Waals surface area contributed by atoms with E-state index in [2.05, 4.69) is 10.7 Å². The summed E-state index contributed by atoms with van der Waals surface area (Å²) in [6.07, 6.45) is 0. The van der Waals surface area contributed by atoms with E-state index in [1.165, 1.54) is 0 Å². The fourth-order valence-electron chi connectivity index (χ4n) is 1.90. The van der Waals surface area contributed by atoms with Crippen molar-refractivity contribution in [3.8, 4) is 0 Å². The monoisotopic (exact) mass is 289 g/mol. The summed E-state index contributed by atoms with van der Waals surface area (Å²) in [5.74, 6) is 5.19. The second kappa shape index (κ2) is 5.94. The molecule has 0 fully saturated rings. The summed E-state index contributed by atoms with van der Waals surface area (Å²) in [4.78, 5) is 12.3. The van der Waals surface area contributed by atoms with Gasteiger partial charge in [-0.1, -0.05) is 23.7 Å². The Hall–Kier alpha value is -2.04. The van der Waals surface area contributed by atoms with Gasteiger partial charge in [-0.3, -0.25) is 10.6 Å². The lowest BCUT2D eigenvalue weighted by molar-refractivity contribution is 0.102. The molecule has 0 heterocycles. The van der Waals surface area contributed by atoms with Crippen LogP contribution < -0.4 is 16.6 Å². The molecule has 5 heteroatoms. The summed E-state index contributed by atoms with van der Waals surface area (Å²) in [6.45, 7) is 3.87. The molecule has 0 saturated carbocycles. The third-order valence-electron chi connectivity index (χ3n) is 2.95. The van der Waals surface area contributed by atoms with Crippen LogP contribution in [0.5, 0.6) is 0 Å². The van der Waals surface area contributed by atoms with Crippen molar-refractivity contribution in [2.45, 2.75) is 13.8 Å². The Kier molecular flexibility index (Phi) is 4.27. The molecular formula is C15H16ClN3O. The number of nitrogens with one attached hydrogen (secondary N) is 2. The van der Waals surface area contributed by atoms with Crippen LogP contribution in [0.4, 0.5) is 11.4 Å². The molecule has 0 aromatic heterocycles. The number of carbonyl (C=O) groups is 1. The minimum Gasteiger partial charge on any atom is -0.323 e. The molecule has 20 heavy (non-hydrogen) atoms. The highest BCUT2D eigenvalue weighted by atomic mass is 35.5. The van der Waals surface area contributed by atoms with Crippen molar-refractivity contribution >= 4 is 28.9 Å². The molecule has 2 rings (SSSR count). The molecule has 1 amide bonds. The summed E-state index contributed by atoms with van der Waals surface area (Å²) in [5, 5.41) is 3.29. The molecule has 2 aromatic carbocycles. The Bertz CT molecular complexity index is 656. The van der Waals surface area contributed by atoms with E-state index in [4.69, 9.17) is 17.4 Å². The summed E-state index contributed by atoms with van der Waals surface area (Å²) >= 11 is 6.07. The number of amides is 1. The maximum atomic E-state index is 12.3. The van der Waals surface area contributed by atoms with Gasteiger partial charge in [-0.25, -0.2) is 0 Å². The van der Waals surface area contributed by atoms with Crippen molar-refractivity contribution in [2.24, 2.45) is 5.84 Å². The van der Waals surface area contributed by atoms with Gasteiger partial charge in [-0.05, 0) is 49.2 Å². The van der Waals surface area contributed by atoms with Gasteiger partial charge in [0.2, 0.25) is 0 Å². The number of nitrogens with two attached hydrogens (primary N) is 1. The number of aryl methyl sites for hydroxylation is 2. The average molecular weight is 290 g/mol. The smallest absolute Gasteiger partial charge is 0.257 e. The molecule has 0 saturated heterocycles. The normalized spacial score (nSPS) is 10.2. The van der Waals surface area contributed by atoms with Gasteiger partial charge in [0.1, 0.15) is 0 Å². The zero-order chi connectivity index (χ0) is 14.7. The van der Waals surface area contributed by atoms with Crippen molar-refractivity contribution in [3.05, 3.63) is 58.1 Å². The molecule has 0 unspecified atom stereocenters. The molecule has 2 aromatic rings. The number of carbonyl (C=O) groups excluding carboxylic acids is 1. The predicted octanol–water partition coefficient (Wildman–Crippen LogP) is 3.49. The van der Waals surface area contributed by atoms with Gasteiger partial charge in [-0.2, -0.15) is 0 Å². The summed E-state index contributed by atoms with van der Waals surface area (Å²) in [7, 11) is 0. The van der Waals surface area contributed by atoms with E-state index in [0.717, 1.165) is 11.1 Å². The SMILES string of the molecule is Cc1ccc(Cl)c(NC(=O)c2ccc(C)cc2NN)c1. The maximum absolute atomic E-state index is 12.3. The van der Waals surface area contributed by atoms with Crippen LogP contribution in [0.1, 0.15) is 21.5 Å². The Labute approximate surface area is 122 Å². The van der Waals surface area contributed by atoms with Crippen LogP contribution in [0.15, 0.2) is 36.4 Å². The van der Waals surface area contributed by atoms with E-state index in [0.29, 0.717) is 22.0 Å². The van der Waals surface area contributed by atoms with Crippen molar-refractivity contribution < 1.29 is 4.79 Å². The van der Waals surface area contributed by atoms with E-state index >= 15 is 0 Å². The Morgan fingerprint density at radius 3 is 2.30 bits per heavy atom. The second-order valence-electron chi connectivity index (χ2n) is 4.63. The first-order chi connectivity index (χ1) is 9.51. The Morgan fingerprint density at radius 2 is 1.65 bits per heavy atom. The topological polar surface area (TPSA) is 67.2 Å². The van der Waals surface area contributed by atoms with E-state index in [9.17, 15) is 4.79 Å². The van der Waals surface area contributed by atoms with Gasteiger partial charge < -0.3 is 10.7 Å². The van der Waals surface area contributed by atoms with Crippen LogP contribution in [0, 0.1) is 13.8 Å². The van der Waals surface area contributed by atoms with Crippen LogP contribution in [-0.2, 0) is 0 Å². The van der Waals surface area contributed by atoms with Crippen molar-refractivity contribution in [3.63, 3.8) is 0 Å². The minimum absolute atomic E-state index is 0.259. The minimum atomic E-state index is -0.259. The Balaban J connectivity index is 2.30. The van der Waals surface area contributed by atoms with Crippen LogP contribution in [0.3, 0.4) is 0 Å². The molecule has 0 aliphatic heterocycles. The number of hydrazine groups is 1. The van der Waals surface area contributed by atoms with E-state index in [1.54, 1.807) is 12.1 Å². The van der Waals surface area contributed by atoms with Crippen LogP contribution in [0.2, 0.25) is 5.02 Å². The first-order valence-corrected chi connectivity index (χ1v) is 6.54. The molecule has 0 aliphatic rings. The highest BCUT2D eigenvalue weighted by Crippen LogP contribution is 2.24. The largest absolute Gasteiger partial charge is 0.323 e. The molecule has 4 nitrogen and oxygen atoms in total. The highest BCUT2D eigenvalue weighted by molar-refractivity contribution is 6.34. The predicted molar refractivity (Wildman–Crippen MR) is 83.1 cm³/mol. The quantitative estimate of drug-likeness (QED) is 0.598. The molecule has 104 valence electrons. The fraction of sp³-hybridized carbons (Fsp3) is 0.133. The van der Waals surface area contributed by atoms with Gasteiger partial charge >= 0.3 is 0 Å². The molecular weight excluding hydrogens is 274 g/mol. The van der Waals surface area contributed by atoms with Crippen molar-refractivity contribution in [2.75, 3.05) is 10.7 Å². The number of anilines is 2. The summed E-state index contributed by atoms with van der Waals surface area (Å²) in [5.41, 5.74) is 6.20. The maximum Gasteiger partial charge on any atom is 0.257 e. The van der Waals surface area contributed by atoms with E-state index < -0.39 is 0 Å². The Morgan fingerprint density at radius 1 is 1.05 bits per heavy atom. The lowest BCUT2D eigenvalue weighted by Gasteiger charge is -2.12. The number of nitrogen functional groups attached to an aromatic ring is 1. The molecule has 0 bridgehead atoms. The number of hydrogen-bond donors (Lipinski definition) is 3. The number of benzene rings is 2. The molecule has 4 N–H and O–H groups in total. The number of halogens is 1. The van der Waals surface area contributed by atoms with Gasteiger partial charge in [0.25, 0.3) is 5.91 Å². The van der Waals surface area contributed by atoms with E-state index in [-0.39, 0.29) is 5.91 Å². The van der Waals surface area contributed by atoms with Crippen molar-refractivity contribution in [1.82, 2.24) is 0 Å². The van der Waals surface area contributed by atoms with Crippen LogP contribution in [-0.4, -0.2) is 5.91 Å². The summed E-state index contributed by atoms with van der Waals surface area (Å²) < 4.78 is 0. The lowest BCUT2D eigenvalue weighted by Crippen LogP contribution is -2.17. The zero-order valence-electron chi connectivity index (χ0n) is 11.3. The standard InChI is InChI=1S/C15H16ClN3O/c1-9-3-5-11(13(7-9)19-17)15(20)18-14-8-10(2)4-6-12(14)16/h3-8,19H,17H2,1-2H3,(H,18,20). The molecule has 0 aliphatic carbocycles. The number of hydrogen-bond acceptors (Lipinski definition) is 3. The van der Waals surface area contributed by atoms with Gasteiger partial charge in [0.05, 0.1) is 22.0 Å². The number of rotatable bonds is 3. The third kappa shape index (κ3) is 3.10. The van der Waals surface area contributed by atoms with Crippen LogP contribution in [0.25, 0.3) is 0 Å². The fourth-order valence-corrected chi connectivity index (χ4v) is 2.06. The molecule has 0 radical (unpaired) electrons. The van der Waals surface area contributed by atoms with E-state index in [1.807, 2.05) is 38.1 Å². The zero-order valence-corrected chi connectivity index (χ0v) is 12.1. The van der Waals surface area contributed by atoms with Crippen LogP contribution >= 0.6 is 11.6 Å². The highest BCUT2D eigenvalue weighted by Gasteiger charge is 2.12. The summed E-state index contributed by atoms with van der Waals surface area (Å²) in [6, 6.07) is 10.9. The first kappa shape index (κ1) is 14.4. The van der Waals surface area contributed by atoms with Gasteiger partial charge in [-0.15, -0.1) is 0 Å². The average Bonchev–Trinajstić information content (AvgIpc) is 2.42. The second-order valence-corrected chi connectivity index (χ2v) is 5.04. The lowest BCUT2D eigenvalue weighted by atomic mass is 10.1. The van der Waals surface area contributed by atoms with Crippen molar-refractivity contribution in [1.29, 1.82) is 0 Å². The van der Waals surface area contributed by atoms with Gasteiger partial charge in [0, 0.05) is 0 Å². The third-order valence-corrected chi connectivity index (χ3v) is 3.27. The molecule has 0 spiro atoms. The molecule has 0 atom stereocenters.